The van der Waals surface area contributed by atoms with E-state index in [0.29, 0.717) is 40.5 Å². The van der Waals surface area contributed by atoms with Crippen molar-refractivity contribution in [1.29, 1.82) is 0 Å². The molecule has 4 rings (SSSR count). The summed E-state index contributed by atoms with van der Waals surface area (Å²) >= 11 is 0. The summed E-state index contributed by atoms with van der Waals surface area (Å²) in [7, 11) is 1.53. The second kappa shape index (κ2) is 7.67. The van der Waals surface area contributed by atoms with Gasteiger partial charge in [-0.2, -0.15) is 0 Å². The van der Waals surface area contributed by atoms with Crippen LogP contribution in [0.1, 0.15) is 13.3 Å². The zero-order valence-corrected chi connectivity index (χ0v) is 16.0. The van der Waals surface area contributed by atoms with Gasteiger partial charge in [0, 0.05) is 18.1 Å². The number of para-hydroxylation sites is 1. The molecule has 0 bridgehead atoms. The lowest BCUT2D eigenvalue weighted by molar-refractivity contribution is 0.254. The Morgan fingerprint density at radius 1 is 1.24 bits per heavy atom. The molecular formula is C21H20N4O4. The molecule has 148 valence electrons. The summed E-state index contributed by atoms with van der Waals surface area (Å²) < 4.78 is 11.5. The summed E-state index contributed by atoms with van der Waals surface area (Å²) in [5.74, 6) is 0.894. The number of hydrogen-bond acceptors (Lipinski definition) is 5. The maximum Gasteiger partial charge on any atom is 0.318 e. The van der Waals surface area contributed by atoms with Gasteiger partial charge in [-0.3, -0.25) is 4.79 Å². The lowest BCUT2D eigenvalue weighted by Crippen LogP contribution is -2.24. The molecule has 0 atom stereocenters. The maximum atomic E-state index is 12.7. The van der Waals surface area contributed by atoms with Crippen molar-refractivity contribution in [3.63, 3.8) is 0 Å². The fourth-order valence-electron chi connectivity index (χ4n) is 3.05. The highest BCUT2D eigenvalue weighted by Crippen LogP contribution is 2.32. The largest absolute Gasteiger partial charge is 0.493 e. The molecule has 8 nitrogen and oxygen atoms in total. The Balaban J connectivity index is 1.90. The second-order valence-corrected chi connectivity index (χ2v) is 6.45. The molecule has 29 heavy (non-hydrogen) atoms. The Bertz CT molecular complexity index is 1260. The van der Waals surface area contributed by atoms with Crippen LogP contribution in [0.5, 0.6) is 5.75 Å². The van der Waals surface area contributed by atoms with E-state index in [0.717, 1.165) is 11.8 Å². The number of benzene rings is 2. The highest BCUT2D eigenvalue weighted by Gasteiger charge is 2.17. The van der Waals surface area contributed by atoms with Crippen molar-refractivity contribution in [2.24, 2.45) is 0 Å². The molecule has 2 heterocycles. The number of aromatic amines is 1. The summed E-state index contributed by atoms with van der Waals surface area (Å²) in [6.07, 6.45) is 0.826. The van der Waals surface area contributed by atoms with Crippen LogP contribution in [0.15, 0.2) is 51.7 Å². The van der Waals surface area contributed by atoms with Gasteiger partial charge in [-0.05, 0) is 36.8 Å². The van der Waals surface area contributed by atoms with Gasteiger partial charge in [-0.15, -0.1) is 0 Å². The number of nitrogens with one attached hydrogen (secondary N) is 3. The van der Waals surface area contributed by atoms with Crippen LogP contribution < -0.4 is 20.9 Å². The van der Waals surface area contributed by atoms with E-state index < -0.39 is 0 Å². The smallest absolute Gasteiger partial charge is 0.318 e. The summed E-state index contributed by atoms with van der Waals surface area (Å²) in [6, 6.07) is 12.2. The molecule has 4 aromatic rings. The molecule has 0 fully saturated rings. The number of furan rings is 1. The quantitative estimate of drug-likeness (QED) is 0.478. The standard InChI is InChI=1S/C21H20N4O4/c1-3-10-28-15-9-8-12(23-21(27)22-2)11-14(15)19-24-17-13-6-4-5-7-16(13)29-18(17)20(26)25-19/h4-9,11H,3,10H2,1-2H3,(H2,22,23,27)(H,24,25,26). The van der Waals surface area contributed by atoms with Crippen molar-refractivity contribution in [1.82, 2.24) is 15.3 Å². The molecule has 2 aromatic heterocycles. The number of urea groups is 1. The third-order valence-corrected chi connectivity index (χ3v) is 4.41. The van der Waals surface area contributed by atoms with Crippen molar-refractivity contribution in [2.75, 3.05) is 19.0 Å². The average Bonchev–Trinajstić information content (AvgIpc) is 3.12. The normalized spacial score (nSPS) is 11.0. The molecule has 0 radical (unpaired) electrons. The number of aromatic nitrogens is 2. The fraction of sp³-hybridized carbons (Fsp3) is 0.190. The average molecular weight is 392 g/mol. The second-order valence-electron chi connectivity index (χ2n) is 6.45. The Labute approximate surface area is 165 Å². The Morgan fingerprint density at radius 2 is 2.07 bits per heavy atom. The zero-order valence-electron chi connectivity index (χ0n) is 16.0. The predicted molar refractivity (Wildman–Crippen MR) is 111 cm³/mol. The van der Waals surface area contributed by atoms with Gasteiger partial charge in [0.2, 0.25) is 5.58 Å². The van der Waals surface area contributed by atoms with Crippen LogP contribution in [-0.4, -0.2) is 29.7 Å². The van der Waals surface area contributed by atoms with Gasteiger partial charge in [-0.1, -0.05) is 19.1 Å². The molecule has 8 heteroatoms. The molecule has 0 aliphatic heterocycles. The molecule has 0 saturated carbocycles. The van der Waals surface area contributed by atoms with E-state index in [-0.39, 0.29) is 17.2 Å². The number of H-pyrrole nitrogens is 1. The third-order valence-electron chi connectivity index (χ3n) is 4.41. The van der Waals surface area contributed by atoms with E-state index in [2.05, 4.69) is 20.6 Å². The SMILES string of the molecule is CCCOc1ccc(NC(=O)NC)cc1-c1nc2c(oc3ccccc32)c(=O)[nH]1. The number of fused-ring (bicyclic) bond motifs is 3. The highest BCUT2D eigenvalue weighted by molar-refractivity contribution is 6.02. The minimum Gasteiger partial charge on any atom is -0.493 e. The molecule has 0 spiro atoms. The Morgan fingerprint density at radius 3 is 2.86 bits per heavy atom. The number of rotatable bonds is 5. The van der Waals surface area contributed by atoms with Crippen LogP contribution in [0.25, 0.3) is 33.5 Å². The van der Waals surface area contributed by atoms with Gasteiger partial charge in [0.1, 0.15) is 22.7 Å². The number of amides is 2. The molecule has 0 saturated heterocycles. The van der Waals surface area contributed by atoms with E-state index in [1.54, 1.807) is 24.3 Å². The number of nitrogens with zero attached hydrogens (tertiary/aromatic N) is 1. The summed E-state index contributed by atoms with van der Waals surface area (Å²) in [4.78, 5) is 31.8. The first-order valence-corrected chi connectivity index (χ1v) is 9.28. The predicted octanol–water partition coefficient (Wildman–Crippen LogP) is 3.88. The lowest BCUT2D eigenvalue weighted by atomic mass is 10.1. The Hall–Kier alpha value is -3.81. The molecule has 0 aliphatic rings. The van der Waals surface area contributed by atoms with Gasteiger partial charge in [0.05, 0.1) is 12.2 Å². The first-order valence-electron chi connectivity index (χ1n) is 9.28. The van der Waals surface area contributed by atoms with E-state index in [1.807, 2.05) is 25.1 Å². The first-order chi connectivity index (χ1) is 14.1. The minimum atomic E-state index is -0.382. The number of carbonyl (C=O) groups excluding carboxylic acids is 1. The van der Waals surface area contributed by atoms with Crippen molar-refractivity contribution in [3.05, 3.63) is 52.8 Å². The molecule has 0 aliphatic carbocycles. The van der Waals surface area contributed by atoms with E-state index in [1.165, 1.54) is 7.05 Å². The molecular weight excluding hydrogens is 372 g/mol. The maximum absolute atomic E-state index is 12.7. The van der Waals surface area contributed by atoms with Crippen LogP contribution in [0.2, 0.25) is 0 Å². The van der Waals surface area contributed by atoms with Gasteiger partial charge in [0.15, 0.2) is 0 Å². The number of ether oxygens (including phenoxy) is 1. The monoisotopic (exact) mass is 392 g/mol. The fourth-order valence-corrected chi connectivity index (χ4v) is 3.05. The van der Waals surface area contributed by atoms with E-state index in [9.17, 15) is 9.59 Å². The van der Waals surface area contributed by atoms with Gasteiger partial charge >= 0.3 is 6.03 Å². The van der Waals surface area contributed by atoms with Crippen LogP contribution in [0, 0.1) is 0 Å². The number of hydrogen-bond donors (Lipinski definition) is 3. The third kappa shape index (κ3) is 3.52. The van der Waals surface area contributed by atoms with Crippen molar-refractivity contribution in [2.45, 2.75) is 13.3 Å². The van der Waals surface area contributed by atoms with Crippen LogP contribution in [0.4, 0.5) is 10.5 Å². The minimum absolute atomic E-state index is 0.172. The summed E-state index contributed by atoms with van der Waals surface area (Å²) in [5, 5.41) is 5.98. The zero-order chi connectivity index (χ0) is 20.4. The molecule has 2 aromatic carbocycles. The summed E-state index contributed by atoms with van der Waals surface area (Å²) in [5.41, 5.74) is 1.97. The van der Waals surface area contributed by atoms with Crippen molar-refractivity contribution in [3.8, 4) is 17.1 Å². The Kier molecular flexibility index (Phi) is 4.90. The summed E-state index contributed by atoms with van der Waals surface area (Å²) in [6.45, 7) is 2.52. The molecule has 2 amide bonds. The van der Waals surface area contributed by atoms with Gasteiger partial charge in [0.25, 0.3) is 5.56 Å². The van der Waals surface area contributed by atoms with Crippen LogP contribution in [0.3, 0.4) is 0 Å². The molecule has 0 unspecified atom stereocenters. The molecule has 3 N–H and O–H groups in total. The van der Waals surface area contributed by atoms with Crippen LogP contribution >= 0.6 is 0 Å². The van der Waals surface area contributed by atoms with E-state index in [4.69, 9.17) is 9.15 Å². The van der Waals surface area contributed by atoms with Crippen LogP contribution in [-0.2, 0) is 0 Å². The lowest BCUT2D eigenvalue weighted by Gasteiger charge is -2.13. The van der Waals surface area contributed by atoms with Gasteiger partial charge < -0.3 is 24.8 Å². The first kappa shape index (κ1) is 18.5. The van der Waals surface area contributed by atoms with Crippen molar-refractivity contribution >= 4 is 33.8 Å². The number of anilines is 1. The highest BCUT2D eigenvalue weighted by atomic mass is 16.5. The topological polar surface area (TPSA) is 109 Å². The number of carbonyl (C=O) groups is 1. The van der Waals surface area contributed by atoms with Gasteiger partial charge in [-0.25, -0.2) is 9.78 Å². The van der Waals surface area contributed by atoms with Crippen molar-refractivity contribution < 1.29 is 13.9 Å². The van der Waals surface area contributed by atoms with E-state index >= 15 is 0 Å².